The van der Waals surface area contributed by atoms with Crippen LogP contribution >= 0.6 is 0 Å². The van der Waals surface area contributed by atoms with E-state index in [9.17, 15) is 0 Å². The summed E-state index contributed by atoms with van der Waals surface area (Å²) in [6.45, 7) is 3.19. The van der Waals surface area contributed by atoms with Gasteiger partial charge in [-0.2, -0.15) is 0 Å². The number of hydrogen-bond donors (Lipinski definition) is 0. The Hall–Kier alpha value is -0.500. The minimum Gasteiger partial charge on any atom is -0.501 e. The molecule has 1 rings (SSSR count). The standard InChI is InChI=1S/C12H22O.H2O/c1-2-3-4-5-6-7-8-12-9-10-13-11-12;/h11H,2-10H2,1H3;1H2. The fraction of sp³-hybridized carbons (Fsp3) is 0.833. The molecule has 0 atom stereocenters. The van der Waals surface area contributed by atoms with E-state index in [4.69, 9.17) is 4.74 Å². The van der Waals surface area contributed by atoms with Gasteiger partial charge in [0, 0.05) is 6.42 Å². The molecule has 0 aromatic rings. The lowest BCUT2D eigenvalue weighted by molar-refractivity contribution is 0.281. The van der Waals surface area contributed by atoms with Crippen LogP contribution in [0.2, 0.25) is 0 Å². The number of hydrogen-bond acceptors (Lipinski definition) is 1. The molecule has 0 saturated carbocycles. The average Bonchev–Trinajstić information content (AvgIpc) is 2.63. The molecule has 84 valence electrons. The molecule has 2 nitrogen and oxygen atoms in total. The molecule has 0 amide bonds. The van der Waals surface area contributed by atoms with Crippen LogP contribution < -0.4 is 0 Å². The molecule has 1 heterocycles. The highest BCUT2D eigenvalue weighted by molar-refractivity contribution is 5.01. The van der Waals surface area contributed by atoms with Crippen LogP contribution in [-0.2, 0) is 4.74 Å². The molecule has 2 N–H and O–H groups in total. The molecule has 0 aromatic heterocycles. The van der Waals surface area contributed by atoms with Crippen LogP contribution in [0.1, 0.15) is 58.3 Å². The van der Waals surface area contributed by atoms with E-state index in [-0.39, 0.29) is 5.48 Å². The maximum absolute atomic E-state index is 5.19. The van der Waals surface area contributed by atoms with Gasteiger partial charge in [0.05, 0.1) is 12.9 Å². The monoisotopic (exact) mass is 200 g/mol. The minimum atomic E-state index is 0. The Morgan fingerprint density at radius 1 is 1.14 bits per heavy atom. The van der Waals surface area contributed by atoms with Crippen molar-refractivity contribution in [3.05, 3.63) is 11.8 Å². The molecule has 0 spiro atoms. The van der Waals surface area contributed by atoms with Crippen LogP contribution in [0.25, 0.3) is 0 Å². The van der Waals surface area contributed by atoms with Gasteiger partial charge in [-0.15, -0.1) is 0 Å². The predicted octanol–water partition coefficient (Wildman–Crippen LogP) is 3.22. The molecular formula is C12H24O2. The normalized spacial score (nSPS) is 14.5. The highest BCUT2D eigenvalue weighted by atomic mass is 16.5. The van der Waals surface area contributed by atoms with Crippen LogP contribution in [0.5, 0.6) is 0 Å². The zero-order chi connectivity index (χ0) is 9.36. The molecule has 0 saturated heterocycles. The third kappa shape index (κ3) is 6.03. The van der Waals surface area contributed by atoms with E-state index in [1.807, 2.05) is 6.26 Å². The Morgan fingerprint density at radius 3 is 2.50 bits per heavy atom. The summed E-state index contributed by atoms with van der Waals surface area (Å²) in [5.41, 5.74) is 1.52. The topological polar surface area (TPSA) is 40.7 Å². The second-order valence-electron chi connectivity index (χ2n) is 3.91. The molecule has 0 fully saturated rings. The number of ether oxygens (including phenoxy) is 1. The molecule has 0 unspecified atom stereocenters. The van der Waals surface area contributed by atoms with Gasteiger partial charge in [0.25, 0.3) is 0 Å². The third-order valence-electron chi connectivity index (χ3n) is 2.64. The van der Waals surface area contributed by atoms with Gasteiger partial charge < -0.3 is 10.2 Å². The van der Waals surface area contributed by atoms with Crippen LogP contribution in [-0.4, -0.2) is 12.1 Å². The zero-order valence-corrected chi connectivity index (χ0v) is 9.35. The highest BCUT2D eigenvalue weighted by Gasteiger charge is 2.04. The van der Waals surface area contributed by atoms with Gasteiger partial charge in [-0.1, -0.05) is 39.0 Å². The van der Waals surface area contributed by atoms with Crippen molar-refractivity contribution < 1.29 is 10.2 Å². The molecule has 0 radical (unpaired) electrons. The van der Waals surface area contributed by atoms with Crippen molar-refractivity contribution in [3.63, 3.8) is 0 Å². The first-order valence-electron chi connectivity index (χ1n) is 5.73. The first kappa shape index (κ1) is 13.5. The summed E-state index contributed by atoms with van der Waals surface area (Å²) in [6, 6.07) is 0. The third-order valence-corrected chi connectivity index (χ3v) is 2.64. The smallest absolute Gasteiger partial charge is 0.0911 e. The Morgan fingerprint density at radius 2 is 1.86 bits per heavy atom. The van der Waals surface area contributed by atoms with E-state index in [2.05, 4.69) is 6.92 Å². The highest BCUT2D eigenvalue weighted by Crippen LogP contribution is 2.18. The van der Waals surface area contributed by atoms with Gasteiger partial charge in [-0.25, -0.2) is 0 Å². The Kier molecular flexibility index (Phi) is 8.75. The van der Waals surface area contributed by atoms with Crippen molar-refractivity contribution in [2.45, 2.75) is 58.3 Å². The first-order chi connectivity index (χ1) is 6.43. The molecular weight excluding hydrogens is 176 g/mol. The Labute approximate surface area is 87.7 Å². The molecule has 0 bridgehead atoms. The van der Waals surface area contributed by atoms with Gasteiger partial charge in [-0.3, -0.25) is 0 Å². The van der Waals surface area contributed by atoms with Crippen LogP contribution in [0.3, 0.4) is 0 Å². The summed E-state index contributed by atoms with van der Waals surface area (Å²) < 4.78 is 5.19. The lowest BCUT2D eigenvalue weighted by atomic mass is 10.1. The van der Waals surface area contributed by atoms with Crippen molar-refractivity contribution in [2.24, 2.45) is 0 Å². The quantitative estimate of drug-likeness (QED) is 0.582. The largest absolute Gasteiger partial charge is 0.501 e. The van der Waals surface area contributed by atoms with Gasteiger partial charge in [0.1, 0.15) is 0 Å². The SMILES string of the molecule is CCCCCCCCC1=COCC1.O. The van der Waals surface area contributed by atoms with Gasteiger partial charge in [-0.05, 0) is 18.4 Å². The molecule has 14 heavy (non-hydrogen) atoms. The maximum atomic E-state index is 5.19. The first-order valence-corrected chi connectivity index (χ1v) is 5.73. The van der Waals surface area contributed by atoms with Gasteiger partial charge in [0.2, 0.25) is 0 Å². The van der Waals surface area contributed by atoms with Crippen molar-refractivity contribution in [1.29, 1.82) is 0 Å². The van der Waals surface area contributed by atoms with E-state index in [0.29, 0.717) is 0 Å². The molecule has 2 heteroatoms. The molecule has 0 aromatic carbocycles. The Balaban J connectivity index is 0.00000169. The van der Waals surface area contributed by atoms with E-state index >= 15 is 0 Å². The number of unbranched alkanes of at least 4 members (excludes halogenated alkanes) is 5. The van der Waals surface area contributed by atoms with Crippen LogP contribution in [0.15, 0.2) is 11.8 Å². The van der Waals surface area contributed by atoms with Crippen molar-refractivity contribution in [3.8, 4) is 0 Å². The predicted molar refractivity (Wildman–Crippen MR) is 60.3 cm³/mol. The second-order valence-corrected chi connectivity index (χ2v) is 3.91. The van der Waals surface area contributed by atoms with Gasteiger partial charge in [0.15, 0.2) is 0 Å². The fourth-order valence-corrected chi connectivity index (χ4v) is 1.74. The average molecular weight is 200 g/mol. The lowest BCUT2D eigenvalue weighted by Gasteiger charge is -2.00. The summed E-state index contributed by atoms with van der Waals surface area (Å²) >= 11 is 0. The van der Waals surface area contributed by atoms with E-state index in [1.54, 1.807) is 0 Å². The summed E-state index contributed by atoms with van der Waals surface area (Å²) in [4.78, 5) is 0. The van der Waals surface area contributed by atoms with Crippen molar-refractivity contribution in [1.82, 2.24) is 0 Å². The van der Waals surface area contributed by atoms with E-state index in [0.717, 1.165) is 6.61 Å². The van der Waals surface area contributed by atoms with Gasteiger partial charge >= 0.3 is 0 Å². The molecule has 1 aliphatic rings. The molecule has 0 aliphatic carbocycles. The summed E-state index contributed by atoms with van der Waals surface area (Å²) in [5, 5.41) is 0. The summed E-state index contributed by atoms with van der Waals surface area (Å²) in [6.07, 6.45) is 12.8. The van der Waals surface area contributed by atoms with E-state index < -0.39 is 0 Å². The number of rotatable bonds is 7. The van der Waals surface area contributed by atoms with Crippen LogP contribution in [0, 0.1) is 0 Å². The Bertz CT molecular complexity index is 152. The minimum absolute atomic E-state index is 0. The van der Waals surface area contributed by atoms with E-state index in [1.165, 1.54) is 56.9 Å². The summed E-state index contributed by atoms with van der Waals surface area (Å²) in [7, 11) is 0. The second kappa shape index (κ2) is 9.07. The lowest BCUT2D eigenvalue weighted by Crippen LogP contribution is -1.83. The molecule has 1 aliphatic heterocycles. The van der Waals surface area contributed by atoms with Crippen molar-refractivity contribution >= 4 is 0 Å². The van der Waals surface area contributed by atoms with Crippen molar-refractivity contribution in [2.75, 3.05) is 6.61 Å². The summed E-state index contributed by atoms with van der Waals surface area (Å²) in [5.74, 6) is 0. The fourth-order valence-electron chi connectivity index (χ4n) is 1.74. The zero-order valence-electron chi connectivity index (χ0n) is 9.35. The van der Waals surface area contributed by atoms with Crippen LogP contribution in [0.4, 0.5) is 0 Å². The maximum Gasteiger partial charge on any atom is 0.0911 e.